The Bertz CT molecular complexity index is 1160. The monoisotopic (exact) mass is 460 g/mol. The van der Waals surface area contributed by atoms with Gasteiger partial charge in [-0.1, -0.05) is 0 Å². The maximum absolute atomic E-state index is 9.73. The Kier molecular flexibility index (Phi) is 6.70. The molecule has 2 aromatic heterocycles. The molecule has 176 valence electrons. The van der Waals surface area contributed by atoms with Crippen LogP contribution < -0.4 is 10.1 Å². The smallest absolute Gasteiger partial charge is 0.227 e. The summed E-state index contributed by atoms with van der Waals surface area (Å²) in [5.74, 6) is 1.05. The van der Waals surface area contributed by atoms with Gasteiger partial charge in [0.2, 0.25) is 5.95 Å². The Hall–Kier alpha value is -3.48. The van der Waals surface area contributed by atoms with Crippen molar-refractivity contribution in [2.45, 2.75) is 56.8 Å². The number of nitrogens with one attached hydrogen (secondary N) is 1. The predicted molar refractivity (Wildman–Crippen MR) is 126 cm³/mol. The molecule has 1 aromatic carbocycles. The van der Waals surface area contributed by atoms with Gasteiger partial charge in [-0.05, 0) is 49.9 Å². The van der Waals surface area contributed by atoms with Gasteiger partial charge in [-0.3, -0.25) is 4.68 Å². The van der Waals surface area contributed by atoms with E-state index in [1.54, 1.807) is 18.5 Å². The number of aliphatic hydroxyl groups is 1. The van der Waals surface area contributed by atoms with Gasteiger partial charge in [-0.25, -0.2) is 9.97 Å². The van der Waals surface area contributed by atoms with E-state index >= 15 is 0 Å². The lowest BCUT2D eigenvalue weighted by atomic mass is 9.93. The number of anilines is 2. The number of aromatic nitrogens is 4. The van der Waals surface area contributed by atoms with E-state index in [0.29, 0.717) is 42.2 Å². The molecule has 0 unspecified atom stereocenters. The number of nitriles is 1. The van der Waals surface area contributed by atoms with Crippen LogP contribution in [-0.4, -0.2) is 50.3 Å². The summed E-state index contributed by atoms with van der Waals surface area (Å²) in [6.07, 6.45) is 10.4. The molecule has 0 spiro atoms. The van der Waals surface area contributed by atoms with Crippen LogP contribution in [0.2, 0.25) is 0 Å². The summed E-state index contributed by atoms with van der Waals surface area (Å²) < 4.78 is 13.4. The van der Waals surface area contributed by atoms with E-state index in [4.69, 9.17) is 9.47 Å². The summed E-state index contributed by atoms with van der Waals surface area (Å²) in [5, 5.41) is 27.1. The number of ether oxygens (including phenoxy) is 2. The third-order valence-corrected chi connectivity index (χ3v) is 6.41. The Morgan fingerprint density at radius 2 is 1.94 bits per heavy atom. The summed E-state index contributed by atoms with van der Waals surface area (Å²) in [7, 11) is 0. The number of rotatable bonds is 6. The molecule has 1 saturated heterocycles. The first-order valence-corrected chi connectivity index (χ1v) is 11.8. The molecule has 2 N–H and O–H groups in total. The fraction of sp³-hybridized carbons (Fsp3) is 0.440. The molecule has 5 rings (SSSR count). The van der Waals surface area contributed by atoms with Crippen LogP contribution in [0.25, 0.3) is 11.3 Å². The van der Waals surface area contributed by atoms with Gasteiger partial charge < -0.3 is 19.9 Å². The fourth-order valence-corrected chi connectivity index (χ4v) is 4.49. The highest BCUT2D eigenvalue weighted by Crippen LogP contribution is 2.30. The van der Waals surface area contributed by atoms with Gasteiger partial charge in [0.1, 0.15) is 17.9 Å². The Balaban J connectivity index is 1.29. The molecule has 1 saturated carbocycles. The van der Waals surface area contributed by atoms with Gasteiger partial charge >= 0.3 is 0 Å². The molecule has 2 fully saturated rings. The van der Waals surface area contributed by atoms with Crippen molar-refractivity contribution >= 4 is 11.6 Å². The number of hydrogen-bond donors (Lipinski definition) is 2. The number of benzene rings is 1. The van der Waals surface area contributed by atoms with E-state index in [1.807, 2.05) is 29.1 Å². The molecule has 0 bridgehead atoms. The van der Waals surface area contributed by atoms with Crippen LogP contribution in [0.1, 0.15) is 50.1 Å². The largest absolute Gasteiger partial charge is 0.489 e. The lowest BCUT2D eigenvalue weighted by Crippen LogP contribution is -2.26. The molecule has 1 aliphatic carbocycles. The highest BCUT2D eigenvalue weighted by molar-refractivity contribution is 5.65. The van der Waals surface area contributed by atoms with Crippen molar-refractivity contribution in [1.29, 1.82) is 5.26 Å². The maximum atomic E-state index is 9.73. The van der Waals surface area contributed by atoms with Gasteiger partial charge in [-0.2, -0.15) is 10.4 Å². The van der Waals surface area contributed by atoms with E-state index in [1.165, 1.54) is 0 Å². The van der Waals surface area contributed by atoms with Crippen LogP contribution in [0, 0.1) is 11.3 Å². The third kappa shape index (κ3) is 5.19. The van der Waals surface area contributed by atoms with Crippen molar-refractivity contribution in [3.05, 3.63) is 48.4 Å². The molecule has 9 heteroatoms. The Morgan fingerprint density at radius 1 is 1.12 bits per heavy atom. The minimum absolute atomic E-state index is 0.0705. The van der Waals surface area contributed by atoms with E-state index in [2.05, 4.69) is 26.5 Å². The molecule has 0 radical (unpaired) electrons. The quantitative estimate of drug-likeness (QED) is 0.567. The van der Waals surface area contributed by atoms with Gasteiger partial charge in [0, 0.05) is 30.8 Å². The van der Waals surface area contributed by atoms with Gasteiger partial charge in [0.25, 0.3) is 0 Å². The van der Waals surface area contributed by atoms with Crippen molar-refractivity contribution < 1.29 is 14.6 Å². The van der Waals surface area contributed by atoms with Crippen LogP contribution in [0.15, 0.2) is 42.9 Å². The minimum Gasteiger partial charge on any atom is -0.489 e. The topological polar surface area (TPSA) is 118 Å². The first-order chi connectivity index (χ1) is 16.7. The van der Waals surface area contributed by atoms with Crippen molar-refractivity contribution in [3.8, 4) is 23.1 Å². The van der Waals surface area contributed by atoms with Crippen molar-refractivity contribution in [3.63, 3.8) is 0 Å². The van der Waals surface area contributed by atoms with Crippen LogP contribution >= 0.6 is 0 Å². The fourth-order valence-electron chi connectivity index (χ4n) is 4.49. The number of nitrogens with zero attached hydrogens (tertiary/aromatic N) is 5. The van der Waals surface area contributed by atoms with Crippen molar-refractivity contribution in [2.24, 2.45) is 0 Å². The van der Waals surface area contributed by atoms with Crippen molar-refractivity contribution in [2.75, 3.05) is 18.5 Å². The highest BCUT2D eigenvalue weighted by Gasteiger charge is 2.21. The first kappa shape index (κ1) is 22.3. The van der Waals surface area contributed by atoms with E-state index in [0.717, 1.165) is 49.8 Å². The van der Waals surface area contributed by atoms with Crippen LogP contribution in [0.4, 0.5) is 11.6 Å². The summed E-state index contributed by atoms with van der Waals surface area (Å²) in [5.41, 5.74) is 2.82. The van der Waals surface area contributed by atoms with Crippen LogP contribution in [-0.2, 0) is 4.74 Å². The van der Waals surface area contributed by atoms with Gasteiger partial charge in [0.05, 0.1) is 48.5 Å². The summed E-state index contributed by atoms with van der Waals surface area (Å²) in [6, 6.07) is 9.92. The molecule has 1 aliphatic heterocycles. The summed E-state index contributed by atoms with van der Waals surface area (Å²) >= 11 is 0. The molecule has 0 amide bonds. The second kappa shape index (κ2) is 10.2. The summed E-state index contributed by atoms with van der Waals surface area (Å²) in [4.78, 5) is 8.97. The minimum atomic E-state index is -0.190. The van der Waals surface area contributed by atoms with E-state index < -0.39 is 0 Å². The molecule has 2 aliphatic rings. The van der Waals surface area contributed by atoms with Gasteiger partial charge in [0.15, 0.2) is 0 Å². The second-order valence-electron chi connectivity index (χ2n) is 8.81. The Labute approximate surface area is 198 Å². The number of hydrogen-bond acceptors (Lipinski definition) is 8. The molecule has 9 nitrogen and oxygen atoms in total. The molecular weight excluding hydrogens is 432 g/mol. The van der Waals surface area contributed by atoms with E-state index in [9.17, 15) is 10.4 Å². The predicted octanol–water partition coefficient (Wildman–Crippen LogP) is 3.99. The SMILES string of the molecule is N#Cc1cc(-c2ccnc(Nc3cnn([C@H]4CC[C@@H](O)CC4)c3)n2)ccc1OC1CCOCC1. The first-order valence-electron chi connectivity index (χ1n) is 11.8. The third-order valence-electron chi connectivity index (χ3n) is 6.41. The summed E-state index contributed by atoms with van der Waals surface area (Å²) in [6.45, 7) is 1.37. The molecule has 3 aromatic rings. The van der Waals surface area contributed by atoms with Gasteiger partial charge in [-0.15, -0.1) is 0 Å². The lowest BCUT2D eigenvalue weighted by Gasteiger charge is -2.25. The highest BCUT2D eigenvalue weighted by atomic mass is 16.5. The second-order valence-corrected chi connectivity index (χ2v) is 8.81. The number of aliphatic hydroxyl groups excluding tert-OH is 1. The average molecular weight is 461 g/mol. The molecule has 34 heavy (non-hydrogen) atoms. The maximum Gasteiger partial charge on any atom is 0.227 e. The van der Waals surface area contributed by atoms with Crippen LogP contribution in [0.5, 0.6) is 5.75 Å². The average Bonchev–Trinajstić information content (AvgIpc) is 3.34. The molecule has 3 heterocycles. The molecular formula is C25H28N6O3. The molecule has 0 atom stereocenters. The zero-order valence-corrected chi connectivity index (χ0v) is 18.9. The zero-order chi connectivity index (χ0) is 23.3. The Morgan fingerprint density at radius 3 is 2.74 bits per heavy atom. The van der Waals surface area contributed by atoms with Crippen LogP contribution in [0.3, 0.4) is 0 Å². The van der Waals surface area contributed by atoms with Crippen molar-refractivity contribution in [1.82, 2.24) is 19.7 Å². The zero-order valence-electron chi connectivity index (χ0n) is 18.9. The normalized spacial score (nSPS) is 21.1. The van der Waals surface area contributed by atoms with E-state index in [-0.39, 0.29) is 12.2 Å². The standard InChI is InChI=1S/C25H28N6O3/c26-14-18-13-17(1-6-24(18)34-22-8-11-33-12-9-22)23-7-10-27-25(30-23)29-19-15-28-31(16-19)20-2-4-21(32)5-3-20/h1,6-7,10,13,15-16,20-22,32H,2-5,8-9,11-12H2,(H,27,29,30)/t20-,21+. The lowest BCUT2D eigenvalue weighted by molar-refractivity contribution is 0.0254.